The summed E-state index contributed by atoms with van der Waals surface area (Å²) in [6.07, 6.45) is -0.608. The molecule has 156 valence electrons. The number of carbonyl (C=O) groups excluding carboxylic acids is 1. The van der Waals surface area contributed by atoms with Crippen molar-refractivity contribution in [2.24, 2.45) is 0 Å². The monoisotopic (exact) mass is 421 g/mol. The second-order valence-corrected chi connectivity index (χ2v) is 6.85. The average Bonchev–Trinajstić information content (AvgIpc) is 3.24. The third-order valence-corrected chi connectivity index (χ3v) is 4.75. The highest BCUT2D eigenvalue weighted by molar-refractivity contribution is 5.94. The van der Waals surface area contributed by atoms with E-state index in [1.165, 1.54) is 30.6 Å². The quantitative estimate of drug-likeness (QED) is 0.600. The van der Waals surface area contributed by atoms with E-state index < -0.39 is 17.9 Å². The van der Waals surface area contributed by atoms with Crippen molar-refractivity contribution in [2.45, 2.75) is 24.9 Å². The highest BCUT2D eigenvalue weighted by Crippen LogP contribution is 2.30. The summed E-state index contributed by atoms with van der Waals surface area (Å²) in [5, 5.41) is 3.32. The van der Waals surface area contributed by atoms with Crippen molar-refractivity contribution in [3.8, 4) is 11.5 Å². The number of rotatable bonds is 3. The number of amides is 1. The van der Waals surface area contributed by atoms with Crippen LogP contribution in [0.2, 0.25) is 0 Å². The topological polar surface area (TPSA) is 85.0 Å². The van der Waals surface area contributed by atoms with Crippen LogP contribution >= 0.6 is 0 Å². The third kappa shape index (κ3) is 4.14. The van der Waals surface area contributed by atoms with Crippen LogP contribution in [-0.4, -0.2) is 44.0 Å². The van der Waals surface area contributed by atoms with Crippen LogP contribution in [0.25, 0.3) is 11.5 Å². The van der Waals surface area contributed by atoms with Crippen molar-refractivity contribution in [3.05, 3.63) is 59.6 Å². The molecule has 0 N–H and O–H groups in total. The van der Waals surface area contributed by atoms with E-state index in [9.17, 15) is 22.4 Å². The van der Waals surface area contributed by atoms with Crippen molar-refractivity contribution < 1.29 is 26.9 Å². The summed E-state index contributed by atoms with van der Waals surface area (Å²) in [6.45, 7) is 0.840. The van der Waals surface area contributed by atoms with Gasteiger partial charge in [0.2, 0.25) is 5.82 Å². The highest BCUT2D eigenvalue weighted by atomic mass is 19.4. The highest BCUT2D eigenvalue weighted by Gasteiger charge is 2.38. The van der Waals surface area contributed by atoms with Gasteiger partial charge in [-0.2, -0.15) is 18.2 Å². The molecule has 4 rings (SSSR count). The molecule has 1 atom stereocenters. The van der Waals surface area contributed by atoms with Gasteiger partial charge in [0.05, 0.1) is 11.9 Å². The lowest BCUT2D eigenvalue weighted by molar-refractivity contribution is -0.159. The molecule has 1 amide bonds. The Bertz CT molecular complexity index is 1070. The van der Waals surface area contributed by atoms with E-state index in [-0.39, 0.29) is 28.9 Å². The maximum absolute atomic E-state index is 13.4. The Morgan fingerprint density at radius 1 is 1.20 bits per heavy atom. The Balaban J connectivity index is 1.53. The van der Waals surface area contributed by atoms with E-state index >= 15 is 0 Å². The number of halogens is 4. The lowest BCUT2D eigenvalue weighted by atomic mass is 9.94. The van der Waals surface area contributed by atoms with E-state index in [0.717, 1.165) is 0 Å². The molecule has 1 saturated heterocycles. The Labute approximate surface area is 167 Å². The van der Waals surface area contributed by atoms with Crippen LogP contribution in [0, 0.1) is 5.82 Å². The molecule has 11 heteroatoms. The van der Waals surface area contributed by atoms with E-state index in [2.05, 4.69) is 24.6 Å². The maximum atomic E-state index is 13.4. The van der Waals surface area contributed by atoms with Gasteiger partial charge >= 0.3 is 12.1 Å². The molecule has 3 aromatic rings. The fourth-order valence-corrected chi connectivity index (χ4v) is 3.34. The average molecular weight is 421 g/mol. The lowest BCUT2D eigenvalue weighted by Crippen LogP contribution is -2.39. The molecule has 2 aromatic heterocycles. The molecular formula is C19H15F4N5O2. The second-order valence-electron chi connectivity index (χ2n) is 6.85. The summed E-state index contributed by atoms with van der Waals surface area (Å²) >= 11 is 0. The van der Waals surface area contributed by atoms with Gasteiger partial charge in [-0.15, -0.1) is 0 Å². The molecule has 1 fully saturated rings. The Morgan fingerprint density at radius 3 is 2.77 bits per heavy atom. The summed E-state index contributed by atoms with van der Waals surface area (Å²) in [5.41, 5.74) is 0.796. The smallest absolute Gasteiger partial charge is 0.338 e. The zero-order chi connectivity index (χ0) is 21.3. The van der Waals surface area contributed by atoms with Gasteiger partial charge in [-0.1, -0.05) is 11.2 Å². The standard InChI is InChI=1S/C19H15F4N5O2/c20-13-5-1-3-11(7-13)17(29)28-6-2-4-12(10-28)14-8-24-9-15(25-14)16-26-18(30-27-16)19(21,22)23/h1,3,5,7-9,12H,2,4,6,10H2/t12-/m1/s1. The molecule has 1 aliphatic heterocycles. The van der Waals surface area contributed by atoms with Crippen LogP contribution < -0.4 is 0 Å². The molecule has 1 aliphatic rings. The number of hydrogen-bond donors (Lipinski definition) is 0. The van der Waals surface area contributed by atoms with Crippen LogP contribution in [0.5, 0.6) is 0 Å². The van der Waals surface area contributed by atoms with Crippen molar-refractivity contribution in [2.75, 3.05) is 13.1 Å². The van der Waals surface area contributed by atoms with E-state index in [1.54, 1.807) is 11.0 Å². The van der Waals surface area contributed by atoms with Gasteiger partial charge in [-0.3, -0.25) is 9.78 Å². The number of carbonyl (C=O) groups is 1. The first-order valence-corrected chi connectivity index (χ1v) is 9.09. The largest absolute Gasteiger partial charge is 0.471 e. The van der Waals surface area contributed by atoms with Crippen LogP contribution in [0.4, 0.5) is 17.6 Å². The zero-order valence-electron chi connectivity index (χ0n) is 15.4. The van der Waals surface area contributed by atoms with Crippen molar-refractivity contribution in [1.82, 2.24) is 25.0 Å². The molecule has 0 aliphatic carbocycles. The molecule has 0 spiro atoms. The molecule has 3 heterocycles. The zero-order valence-corrected chi connectivity index (χ0v) is 15.4. The molecule has 0 saturated carbocycles. The Morgan fingerprint density at radius 2 is 2.03 bits per heavy atom. The van der Waals surface area contributed by atoms with Crippen molar-refractivity contribution in [1.29, 1.82) is 0 Å². The van der Waals surface area contributed by atoms with Gasteiger partial charge in [0.25, 0.3) is 5.91 Å². The molecule has 30 heavy (non-hydrogen) atoms. The molecule has 7 nitrogen and oxygen atoms in total. The number of benzene rings is 1. The summed E-state index contributed by atoms with van der Waals surface area (Å²) in [7, 11) is 0. The Hall–Kier alpha value is -3.37. The first kappa shape index (κ1) is 19.9. The minimum absolute atomic E-state index is 0.0420. The summed E-state index contributed by atoms with van der Waals surface area (Å²) in [4.78, 5) is 26.0. The lowest BCUT2D eigenvalue weighted by Gasteiger charge is -2.32. The van der Waals surface area contributed by atoms with E-state index in [0.29, 0.717) is 31.6 Å². The van der Waals surface area contributed by atoms with Gasteiger partial charge in [-0.05, 0) is 31.0 Å². The normalized spacial score (nSPS) is 17.2. The van der Waals surface area contributed by atoms with Crippen LogP contribution in [0.15, 0.2) is 41.2 Å². The molecule has 0 radical (unpaired) electrons. The maximum Gasteiger partial charge on any atom is 0.471 e. The molecule has 0 unspecified atom stereocenters. The number of hydrogen-bond acceptors (Lipinski definition) is 6. The first-order chi connectivity index (χ1) is 14.3. The summed E-state index contributed by atoms with van der Waals surface area (Å²) in [5.74, 6) is -2.75. The van der Waals surface area contributed by atoms with Gasteiger partial charge in [0.1, 0.15) is 11.5 Å². The SMILES string of the molecule is O=C(c1cccc(F)c1)N1CCC[C@@H](c2cncc(-c3noc(C(F)(F)F)n3)n2)C1. The molecular weight excluding hydrogens is 406 g/mol. The number of nitrogens with zero attached hydrogens (tertiary/aromatic N) is 5. The van der Waals surface area contributed by atoms with Crippen LogP contribution in [0.1, 0.15) is 40.7 Å². The fraction of sp³-hybridized carbons (Fsp3) is 0.316. The fourth-order valence-electron chi connectivity index (χ4n) is 3.34. The van der Waals surface area contributed by atoms with Crippen molar-refractivity contribution >= 4 is 5.91 Å². The number of aromatic nitrogens is 4. The predicted molar refractivity (Wildman–Crippen MR) is 94.6 cm³/mol. The number of piperidine rings is 1. The first-order valence-electron chi connectivity index (χ1n) is 9.09. The minimum atomic E-state index is -4.75. The van der Waals surface area contributed by atoms with Crippen LogP contribution in [-0.2, 0) is 6.18 Å². The van der Waals surface area contributed by atoms with E-state index in [4.69, 9.17) is 0 Å². The molecule has 1 aromatic carbocycles. The Kier molecular flexibility index (Phi) is 5.18. The summed E-state index contributed by atoms with van der Waals surface area (Å²) < 4.78 is 55.7. The van der Waals surface area contributed by atoms with Crippen molar-refractivity contribution in [3.63, 3.8) is 0 Å². The summed E-state index contributed by atoms with van der Waals surface area (Å²) in [6, 6.07) is 5.46. The molecule has 0 bridgehead atoms. The second kappa shape index (κ2) is 7.81. The van der Waals surface area contributed by atoms with Gasteiger partial charge in [-0.25, -0.2) is 9.37 Å². The minimum Gasteiger partial charge on any atom is -0.338 e. The van der Waals surface area contributed by atoms with Crippen LogP contribution in [0.3, 0.4) is 0 Å². The third-order valence-electron chi connectivity index (χ3n) is 4.75. The van der Waals surface area contributed by atoms with E-state index in [1.807, 2.05) is 0 Å². The number of alkyl halides is 3. The predicted octanol–water partition coefficient (Wildman–Crippen LogP) is 3.70. The number of likely N-dealkylation sites (tertiary alicyclic amines) is 1. The van der Waals surface area contributed by atoms with Gasteiger partial charge in [0.15, 0.2) is 0 Å². The van der Waals surface area contributed by atoms with Gasteiger partial charge < -0.3 is 9.42 Å². The van der Waals surface area contributed by atoms with Gasteiger partial charge in [0, 0.05) is 30.8 Å².